The van der Waals surface area contributed by atoms with Crippen LogP contribution in [-0.2, 0) is 0 Å². The molecular formula is C7H2Br2ClFO. The molecule has 0 saturated carbocycles. The number of carbonyl (C=O) groups is 1. The second-order valence-corrected chi connectivity index (χ2v) is 4.05. The zero-order chi connectivity index (χ0) is 9.30. The van der Waals surface area contributed by atoms with Crippen molar-refractivity contribution in [2.24, 2.45) is 0 Å². The summed E-state index contributed by atoms with van der Waals surface area (Å²) in [5, 5.41) is 0.0950. The van der Waals surface area contributed by atoms with E-state index in [0.29, 0.717) is 10.8 Å². The monoisotopic (exact) mass is 314 g/mol. The van der Waals surface area contributed by atoms with Gasteiger partial charge in [-0.25, -0.2) is 4.39 Å². The molecule has 0 fully saturated rings. The summed E-state index contributed by atoms with van der Waals surface area (Å²) in [7, 11) is 0. The second kappa shape index (κ2) is 3.85. The first-order valence-corrected chi connectivity index (χ1v) is 4.82. The third-order valence-electron chi connectivity index (χ3n) is 1.27. The Morgan fingerprint density at radius 1 is 1.50 bits per heavy atom. The standard InChI is InChI=1S/C7H2Br2ClFO/c8-4-1-5(10)3(2-12)7(11)6(4)9/h1-2H. The normalized spacial score (nSPS) is 10.0. The van der Waals surface area contributed by atoms with E-state index in [2.05, 4.69) is 31.9 Å². The third-order valence-corrected chi connectivity index (χ3v) is 3.51. The van der Waals surface area contributed by atoms with Gasteiger partial charge in [0.1, 0.15) is 0 Å². The highest BCUT2D eigenvalue weighted by molar-refractivity contribution is 9.13. The average Bonchev–Trinajstić information content (AvgIpc) is 2.01. The summed E-state index contributed by atoms with van der Waals surface area (Å²) in [6.07, 6.45) is 0.384. The van der Waals surface area contributed by atoms with Crippen LogP contribution in [0.15, 0.2) is 15.0 Å². The van der Waals surface area contributed by atoms with Gasteiger partial charge in [0.05, 0.1) is 15.1 Å². The minimum absolute atomic E-state index is 0.0950. The van der Waals surface area contributed by atoms with E-state index in [9.17, 15) is 9.18 Å². The van der Waals surface area contributed by atoms with E-state index in [1.165, 1.54) is 6.07 Å². The molecule has 1 aromatic carbocycles. The lowest BCUT2D eigenvalue weighted by Gasteiger charge is -2.02. The van der Waals surface area contributed by atoms with Crippen molar-refractivity contribution in [1.82, 2.24) is 0 Å². The van der Waals surface area contributed by atoms with Gasteiger partial charge in [-0.1, -0.05) is 11.6 Å². The summed E-state index contributed by atoms with van der Waals surface area (Å²) in [5.74, 6) is -0.649. The molecule has 0 spiro atoms. The van der Waals surface area contributed by atoms with Crippen LogP contribution in [0.25, 0.3) is 0 Å². The summed E-state index contributed by atoms with van der Waals surface area (Å²) >= 11 is 11.6. The van der Waals surface area contributed by atoms with Crippen LogP contribution in [-0.4, -0.2) is 6.29 Å². The van der Waals surface area contributed by atoms with Gasteiger partial charge in [0, 0.05) is 4.47 Å². The molecule has 12 heavy (non-hydrogen) atoms. The predicted molar refractivity (Wildman–Crippen MR) is 52.2 cm³/mol. The number of aldehydes is 1. The lowest BCUT2D eigenvalue weighted by Crippen LogP contribution is -1.91. The van der Waals surface area contributed by atoms with E-state index in [4.69, 9.17) is 11.6 Å². The predicted octanol–water partition coefficient (Wildman–Crippen LogP) is 3.82. The molecule has 5 heteroatoms. The van der Waals surface area contributed by atoms with Crippen LogP contribution < -0.4 is 0 Å². The first-order chi connectivity index (χ1) is 5.57. The van der Waals surface area contributed by atoms with Gasteiger partial charge in [-0.2, -0.15) is 0 Å². The molecule has 0 aliphatic heterocycles. The summed E-state index contributed by atoms with van der Waals surface area (Å²) in [5.41, 5.74) is -0.133. The van der Waals surface area contributed by atoms with E-state index in [1.54, 1.807) is 0 Å². The number of rotatable bonds is 1. The van der Waals surface area contributed by atoms with E-state index in [0.717, 1.165) is 0 Å². The molecule has 0 atom stereocenters. The minimum atomic E-state index is -0.649. The SMILES string of the molecule is O=Cc1c(Cl)cc(Br)c(Br)c1F. The summed E-state index contributed by atoms with van der Waals surface area (Å²) in [6.45, 7) is 0. The third kappa shape index (κ3) is 1.70. The van der Waals surface area contributed by atoms with Crippen molar-refractivity contribution in [3.63, 3.8) is 0 Å². The maximum absolute atomic E-state index is 13.1. The Hall–Kier alpha value is 0.0700. The molecule has 0 amide bonds. The van der Waals surface area contributed by atoms with Crippen molar-refractivity contribution in [2.75, 3.05) is 0 Å². The Bertz CT molecular complexity index is 341. The largest absolute Gasteiger partial charge is 0.298 e. The molecule has 0 unspecified atom stereocenters. The molecule has 0 aliphatic carbocycles. The fraction of sp³-hybridized carbons (Fsp3) is 0. The molecule has 64 valence electrons. The van der Waals surface area contributed by atoms with Gasteiger partial charge in [0.25, 0.3) is 0 Å². The van der Waals surface area contributed by atoms with Gasteiger partial charge in [0.2, 0.25) is 0 Å². The molecule has 0 saturated heterocycles. The van der Waals surface area contributed by atoms with Crippen LogP contribution in [0, 0.1) is 5.82 Å². The van der Waals surface area contributed by atoms with Crippen LogP contribution in [0.5, 0.6) is 0 Å². The topological polar surface area (TPSA) is 17.1 Å². The van der Waals surface area contributed by atoms with Gasteiger partial charge in [0.15, 0.2) is 12.1 Å². The number of carbonyl (C=O) groups excluding carboxylic acids is 1. The summed E-state index contributed by atoms with van der Waals surface area (Å²) < 4.78 is 13.8. The van der Waals surface area contributed by atoms with Crippen LogP contribution in [0.4, 0.5) is 4.39 Å². The zero-order valence-corrected chi connectivity index (χ0v) is 9.50. The average molecular weight is 316 g/mol. The van der Waals surface area contributed by atoms with Gasteiger partial charge in [-0.05, 0) is 37.9 Å². The molecular weight excluding hydrogens is 314 g/mol. The van der Waals surface area contributed by atoms with Gasteiger partial charge < -0.3 is 0 Å². The maximum Gasteiger partial charge on any atom is 0.154 e. The van der Waals surface area contributed by atoms with E-state index in [-0.39, 0.29) is 15.1 Å². The van der Waals surface area contributed by atoms with Crippen LogP contribution in [0.1, 0.15) is 10.4 Å². The molecule has 0 heterocycles. The van der Waals surface area contributed by atoms with Crippen molar-refractivity contribution in [1.29, 1.82) is 0 Å². The molecule has 0 aliphatic rings. The molecule has 1 nitrogen and oxygen atoms in total. The lowest BCUT2D eigenvalue weighted by molar-refractivity contribution is 0.112. The van der Waals surface area contributed by atoms with Crippen LogP contribution >= 0.6 is 43.5 Å². The van der Waals surface area contributed by atoms with Gasteiger partial charge in [-0.3, -0.25) is 4.79 Å². The first-order valence-electron chi connectivity index (χ1n) is 2.86. The smallest absolute Gasteiger partial charge is 0.154 e. The van der Waals surface area contributed by atoms with Gasteiger partial charge >= 0.3 is 0 Å². The first kappa shape index (κ1) is 10.2. The van der Waals surface area contributed by atoms with Crippen molar-refractivity contribution in [2.45, 2.75) is 0 Å². The minimum Gasteiger partial charge on any atom is -0.298 e. The quantitative estimate of drug-likeness (QED) is 0.437. The molecule has 0 bridgehead atoms. The van der Waals surface area contributed by atoms with E-state index in [1.807, 2.05) is 0 Å². The molecule has 1 aromatic rings. The molecule has 0 radical (unpaired) electrons. The highest BCUT2D eigenvalue weighted by Crippen LogP contribution is 2.32. The van der Waals surface area contributed by atoms with E-state index < -0.39 is 5.82 Å². The Labute approximate surface area is 90.2 Å². The Balaban J connectivity index is 3.51. The second-order valence-electron chi connectivity index (χ2n) is 2.00. The molecule has 1 rings (SSSR count). The van der Waals surface area contributed by atoms with Gasteiger partial charge in [-0.15, -0.1) is 0 Å². The lowest BCUT2D eigenvalue weighted by atomic mass is 10.2. The van der Waals surface area contributed by atoms with Crippen molar-refractivity contribution < 1.29 is 9.18 Å². The molecule has 0 aromatic heterocycles. The van der Waals surface area contributed by atoms with Crippen molar-refractivity contribution in [3.05, 3.63) is 31.4 Å². The number of benzene rings is 1. The fourth-order valence-corrected chi connectivity index (χ4v) is 1.79. The highest BCUT2D eigenvalue weighted by Gasteiger charge is 2.13. The van der Waals surface area contributed by atoms with Crippen molar-refractivity contribution in [3.8, 4) is 0 Å². The summed E-state index contributed by atoms with van der Waals surface area (Å²) in [4.78, 5) is 10.4. The Morgan fingerprint density at radius 2 is 2.08 bits per heavy atom. The molecule has 0 N–H and O–H groups in total. The fourth-order valence-electron chi connectivity index (χ4n) is 0.688. The number of halogens is 4. The van der Waals surface area contributed by atoms with Crippen LogP contribution in [0.3, 0.4) is 0 Å². The number of hydrogen-bond acceptors (Lipinski definition) is 1. The highest BCUT2D eigenvalue weighted by atomic mass is 79.9. The Kier molecular flexibility index (Phi) is 3.26. The van der Waals surface area contributed by atoms with Crippen LogP contribution in [0.2, 0.25) is 5.02 Å². The van der Waals surface area contributed by atoms with Crippen molar-refractivity contribution >= 4 is 49.7 Å². The number of hydrogen-bond donors (Lipinski definition) is 0. The maximum atomic E-state index is 13.1. The Morgan fingerprint density at radius 3 is 2.58 bits per heavy atom. The summed E-state index contributed by atoms with van der Waals surface area (Å²) in [6, 6.07) is 1.46. The zero-order valence-electron chi connectivity index (χ0n) is 5.57. The van der Waals surface area contributed by atoms with E-state index >= 15 is 0 Å².